The van der Waals surface area contributed by atoms with Gasteiger partial charge in [0.2, 0.25) is 0 Å². The minimum Gasteiger partial charge on any atom is -0.299 e. The van der Waals surface area contributed by atoms with Crippen molar-refractivity contribution >= 4 is 5.78 Å². The van der Waals surface area contributed by atoms with Crippen molar-refractivity contribution in [1.82, 2.24) is 4.98 Å². The maximum absolute atomic E-state index is 12.4. The summed E-state index contributed by atoms with van der Waals surface area (Å²) in [5, 5.41) is 0. The van der Waals surface area contributed by atoms with Crippen molar-refractivity contribution in [3.8, 4) is 0 Å². The fourth-order valence-electron chi connectivity index (χ4n) is 3.29. The second kappa shape index (κ2) is 6.07. The van der Waals surface area contributed by atoms with E-state index in [2.05, 4.69) is 25.8 Å². The van der Waals surface area contributed by atoms with E-state index in [1.54, 1.807) is 6.20 Å². The largest absolute Gasteiger partial charge is 0.299 e. The van der Waals surface area contributed by atoms with Crippen molar-refractivity contribution in [3.05, 3.63) is 29.6 Å². The van der Waals surface area contributed by atoms with Crippen LogP contribution in [0.4, 0.5) is 0 Å². The molecule has 1 fully saturated rings. The molecular weight excluding hydrogens is 246 g/mol. The quantitative estimate of drug-likeness (QED) is 0.819. The average molecular weight is 273 g/mol. The first-order valence-corrected chi connectivity index (χ1v) is 7.81. The molecule has 110 valence electrons. The molecule has 0 amide bonds. The van der Waals surface area contributed by atoms with Crippen LogP contribution in [0, 0.1) is 24.2 Å². The van der Waals surface area contributed by atoms with Gasteiger partial charge in [0.25, 0.3) is 0 Å². The first-order valence-electron chi connectivity index (χ1n) is 7.81. The van der Waals surface area contributed by atoms with Gasteiger partial charge in [0, 0.05) is 18.5 Å². The van der Waals surface area contributed by atoms with Gasteiger partial charge in [0.1, 0.15) is 5.78 Å². The van der Waals surface area contributed by atoms with Crippen LogP contribution in [0.5, 0.6) is 0 Å². The minimum atomic E-state index is 0.259. The Morgan fingerprint density at radius 1 is 1.25 bits per heavy atom. The number of aryl methyl sites for hydroxylation is 1. The summed E-state index contributed by atoms with van der Waals surface area (Å²) in [4.78, 5) is 16.8. The summed E-state index contributed by atoms with van der Waals surface area (Å²) in [5.74, 6) is 1.41. The lowest BCUT2D eigenvalue weighted by atomic mass is 9.69. The maximum atomic E-state index is 12.4. The summed E-state index contributed by atoms with van der Waals surface area (Å²) in [6.45, 7) is 8.98. The highest BCUT2D eigenvalue weighted by atomic mass is 16.1. The van der Waals surface area contributed by atoms with Gasteiger partial charge in [-0.1, -0.05) is 26.8 Å². The predicted molar refractivity (Wildman–Crippen MR) is 82.6 cm³/mol. The molecule has 1 aromatic heterocycles. The number of carbonyl (C=O) groups is 1. The van der Waals surface area contributed by atoms with Crippen LogP contribution in [-0.2, 0) is 11.2 Å². The smallest absolute Gasteiger partial charge is 0.141 e. The number of pyridine rings is 1. The fourth-order valence-corrected chi connectivity index (χ4v) is 3.29. The molecule has 2 heteroatoms. The van der Waals surface area contributed by atoms with Crippen molar-refractivity contribution in [3.63, 3.8) is 0 Å². The summed E-state index contributed by atoms with van der Waals surface area (Å²) in [7, 11) is 0. The van der Waals surface area contributed by atoms with Gasteiger partial charge in [-0.3, -0.25) is 9.78 Å². The van der Waals surface area contributed by atoms with Gasteiger partial charge in [-0.15, -0.1) is 0 Å². The Kier molecular flexibility index (Phi) is 4.62. The number of hydrogen-bond acceptors (Lipinski definition) is 2. The standard InChI is InChI=1S/C18H27NO/c1-13-6-5-11-19-16(13)12-17(20)14-7-9-15(10-8-14)18(2,3)4/h5-6,11,14-15H,7-10,12H2,1-4H3. The van der Waals surface area contributed by atoms with Crippen LogP contribution in [0.1, 0.15) is 57.7 Å². The number of rotatable bonds is 3. The van der Waals surface area contributed by atoms with Crippen molar-refractivity contribution in [2.75, 3.05) is 0 Å². The van der Waals surface area contributed by atoms with E-state index in [0.29, 0.717) is 17.6 Å². The second-order valence-electron chi connectivity index (χ2n) is 7.32. The fraction of sp³-hybridized carbons (Fsp3) is 0.667. The number of aromatic nitrogens is 1. The van der Waals surface area contributed by atoms with Crippen molar-refractivity contribution in [1.29, 1.82) is 0 Å². The molecule has 0 bridgehead atoms. The van der Waals surface area contributed by atoms with Crippen LogP contribution in [0.15, 0.2) is 18.3 Å². The first kappa shape index (κ1) is 15.2. The minimum absolute atomic E-state index is 0.259. The van der Waals surface area contributed by atoms with Crippen molar-refractivity contribution in [2.45, 2.75) is 59.8 Å². The highest BCUT2D eigenvalue weighted by Gasteiger charge is 2.32. The topological polar surface area (TPSA) is 30.0 Å². The first-order chi connectivity index (χ1) is 9.38. The third-order valence-corrected chi connectivity index (χ3v) is 4.87. The van der Waals surface area contributed by atoms with E-state index >= 15 is 0 Å². The van der Waals surface area contributed by atoms with E-state index in [1.165, 1.54) is 12.8 Å². The monoisotopic (exact) mass is 273 g/mol. The second-order valence-corrected chi connectivity index (χ2v) is 7.32. The zero-order chi connectivity index (χ0) is 14.8. The Hall–Kier alpha value is -1.18. The Bertz CT molecular complexity index is 465. The molecule has 1 aromatic rings. The van der Waals surface area contributed by atoms with E-state index in [-0.39, 0.29) is 5.92 Å². The molecule has 20 heavy (non-hydrogen) atoms. The van der Waals surface area contributed by atoms with Gasteiger partial charge in [-0.25, -0.2) is 0 Å². The zero-order valence-electron chi connectivity index (χ0n) is 13.3. The Morgan fingerprint density at radius 3 is 2.45 bits per heavy atom. The third-order valence-electron chi connectivity index (χ3n) is 4.87. The van der Waals surface area contributed by atoms with Gasteiger partial charge in [-0.05, 0) is 55.6 Å². The van der Waals surface area contributed by atoms with Gasteiger partial charge >= 0.3 is 0 Å². The molecule has 0 spiro atoms. The molecule has 0 atom stereocenters. The van der Waals surface area contributed by atoms with Crippen molar-refractivity contribution in [2.24, 2.45) is 17.3 Å². The lowest BCUT2D eigenvalue weighted by Gasteiger charge is -2.36. The maximum Gasteiger partial charge on any atom is 0.141 e. The van der Waals surface area contributed by atoms with Crippen LogP contribution in [0.25, 0.3) is 0 Å². The highest BCUT2D eigenvalue weighted by molar-refractivity contribution is 5.83. The van der Waals surface area contributed by atoms with Gasteiger partial charge < -0.3 is 0 Å². The SMILES string of the molecule is Cc1cccnc1CC(=O)C1CCC(C(C)(C)C)CC1. The summed E-state index contributed by atoms with van der Waals surface area (Å²) < 4.78 is 0. The van der Waals surface area contributed by atoms with E-state index in [0.717, 1.165) is 30.0 Å². The summed E-state index contributed by atoms with van der Waals surface area (Å²) in [6.07, 6.45) is 6.81. The molecule has 1 saturated carbocycles. The van der Waals surface area contributed by atoms with Crippen LogP contribution in [0.3, 0.4) is 0 Å². The summed E-state index contributed by atoms with van der Waals surface area (Å²) in [5.41, 5.74) is 2.46. The molecule has 0 unspecified atom stereocenters. The molecule has 1 heterocycles. The van der Waals surface area contributed by atoms with Crippen LogP contribution >= 0.6 is 0 Å². The Labute approximate surface area is 123 Å². The van der Waals surface area contributed by atoms with E-state index < -0.39 is 0 Å². The predicted octanol–water partition coefficient (Wildman–Crippen LogP) is 4.35. The molecule has 0 aliphatic heterocycles. The van der Waals surface area contributed by atoms with Crippen LogP contribution < -0.4 is 0 Å². The Morgan fingerprint density at radius 2 is 1.90 bits per heavy atom. The van der Waals surface area contributed by atoms with Gasteiger partial charge in [0.15, 0.2) is 0 Å². The molecule has 1 aliphatic carbocycles. The summed E-state index contributed by atoms with van der Waals surface area (Å²) in [6, 6.07) is 3.96. The molecule has 0 N–H and O–H groups in total. The van der Waals surface area contributed by atoms with Gasteiger partial charge in [-0.2, -0.15) is 0 Å². The zero-order valence-corrected chi connectivity index (χ0v) is 13.3. The number of hydrogen-bond donors (Lipinski definition) is 0. The molecule has 2 rings (SSSR count). The summed E-state index contributed by atoms with van der Waals surface area (Å²) >= 11 is 0. The Balaban J connectivity index is 1.91. The number of nitrogens with zero attached hydrogens (tertiary/aromatic N) is 1. The lowest BCUT2D eigenvalue weighted by molar-refractivity contribution is -0.123. The molecule has 0 aromatic carbocycles. The highest BCUT2D eigenvalue weighted by Crippen LogP contribution is 2.40. The number of carbonyl (C=O) groups excluding carboxylic acids is 1. The third kappa shape index (κ3) is 3.68. The van der Waals surface area contributed by atoms with Crippen molar-refractivity contribution < 1.29 is 4.79 Å². The van der Waals surface area contributed by atoms with Crippen LogP contribution in [0.2, 0.25) is 0 Å². The van der Waals surface area contributed by atoms with Gasteiger partial charge in [0.05, 0.1) is 5.69 Å². The lowest BCUT2D eigenvalue weighted by Crippen LogP contribution is -2.29. The normalized spacial score (nSPS) is 23.6. The van der Waals surface area contributed by atoms with E-state index in [1.807, 2.05) is 19.1 Å². The molecule has 1 aliphatic rings. The van der Waals surface area contributed by atoms with Crippen LogP contribution in [-0.4, -0.2) is 10.8 Å². The molecule has 2 nitrogen and oxygen atoms in total. The molecular formula is C18H27NO. The molecule has 0 saturated heterocycles. The average Bonchev–Trinajstić information content (AvgIpc) is 2.40. The number of ketones is 1. The number of Topliss-reactive ketones (excluding diaryl/α,β-unsaturated/α-hetero) is 1. The van der Waals surface area contributed by atoms with E-state index in [4.69, 9.17) is 0 Å². The molecule has 0 radical (unpaired) electrons. The van der Waals surface area contributed by atoms with E-state index in [9.17, 15) is 4.79 Å².